The second-order valence-electron chi connectivity index (χ2n) is 5.56. The van der Waals surface area contributed by atoms with Crippen molar-refractivity contribution in [3.8, 4) is 5.75 Å². The van der Waals surface area contributed by atoms with E-state index in [0.717, 1.165) is 5.56 Å². The summed E-state index contributed by atoms with van der Waals surface area (Å²) in [5, 5.41) is 9.81. The highest BCUT2D eigenvalue weighted by molar-refractivity contribution is 6.02. The molecule has 0 spiro atoms. The third kappa shape index (κ3) is 3.61. The van der Waals surface area contributed by atoms with Gasteiger partial charge in [-0.1, -0.05) is 30.3 Å². The molecule has 0 radical (unpaired) electrons. The van der Waals surface area contributed by atoms with E-state index in [1.165, 1.54) is 10.6 Å². The van der Waals surface area contributed by atoms with Crippen molar-refractivity contribution in [3.63, 3.8) is 0 Å². The maximum Gasteiger partial charge on any atom is 0.307 e. The summed E-state index contributed by atoms with van der Waals surface area (Å²) in [6.07, 6.45) is 4.63. The van der Waals surface area contributed by atoms with Gasteiger partial charge in [-0.2, -0.15) is 0 Å². The summed E-state index contributed by atoms with van der Waals surface area (Å²) in [4.78, 5) is 23.7. The minimum absolute atomic E-state index is 0.160. The average Bonchev–Trinajstić information content (AvgIpc) is 2.97. The number of methoxy groups -OCH3 is 1. The minimum Gasteiger partial charge on any atom is -0.497 e. The van der Waals surface area contributed by atoms with Gasteiger partial charge in [-0.15, -0.1) is 0 Å². The topological polar surface area (TPSA) is 68.5 Å². The molecule has 0 saturated carbocycles. The zero-order chi connectivity index (χ0) is 17.8. The summed E-state index contributed by atoms with van der Waals surface area (Å²) in [5.74, 6) is -0.575. The Balaban J connectivity index is 2.01. The van der Waals surface area contributed by atoms with Crippen LogP contribution in [0.15, 0.2) is 60.8 Å². The Kier molecular flexibility index (Phi) is 4.66. The van der Waals surface area contributed by atoms with E-state index in [1.54, 1.807) is 37.6 Å². The van der Waals surface area contributed by atoms with Crippen molar-refractivity contribution in [2.75, 3.05) is 7.11 Å². The van der Waals surface area contributed by atoms with Gasteiger partial charge in [0, 0.05) is 17.7 Å². The second-order valence-corrected chi connectivity index (χ2v) is 5.56. The summed E-state index contributed by atoms with van der Waals surface area (Å²) in [6, 6.07) is 14.8. The molecule has 1 aromatic heterocycles. The second kappa shape index (κ2) is 7.05. The molecular weight excluding hydrogens is 318 g/mol. The van der Waals surface area contributed by atoms with E-state index < -0.39 is 5.97 Å². The molecule has 0 aliphatic carbocycles. The first-order valence-corrected chi connectivity index (χ1v) is 7.75. The number of carbonyl (C=O) groups excluding carboxylic acids is 1. The number of fused-ring (bicyclic) bond motifs is 1. The zero-order valence-corrected chi connectivity index (χ0v) is 13.7. The predicted molar refractivity (Wildman–Crippen MR) is 95.9 cm³/mol. The third-order valence-electron chi connectivity index (χ3n) is 3.89. The zero-order valence-electron chi connectivity index (χ0n) is 13.7. The Morgan fingerprint density at radius 3 is 2.60 bits per heavy atom. The lowest BCUT2D eigenvalue weighted by molar-refractivity contribution is -0.136. The number of carboxylic acids is 1. The third-order valence-corrected chi connectivity index (χ3v) is 3.89. The largest absolute Gasteiger partial charge is 0.497 e. The van der Waals surface area contributed by atoms with Crippen LogP contribution >= 0.6 is 0 Å². The molecule has 2 aromatic carbocycles. The number of aliphatic carboxylic acids is 1. The number of benzene rings is 2. The summed E-state index contributed by atoms with van der Waals surface area (Å²) < 4.78 is 6.67. The molecule has 25 heavy (non-hydrogen) atoms. The lowest BCUT2D eigenvalue weighted by atomic mass is 10.1. The lowest BCUT2D eigenvalue weighted by Gasteiger charge is -2.02. The van der Waals surface area contributed by atoms with E-state index in [4.69, 9.17) is 9.84 Å². The molecule has 0 aliphatic heterocycles. The molecular formula is C20H17NO4. The van der Waals surface area contributed by atoms with Crippen LogP contribution in [0, 0.1) is 0 Å². The SMILES string of the molecule is COc1ccc2c(c1)c(CC(=O)O)cn2C(=O)C=Cc1ccccc1. The van der Waals surface area contributed by atoms with Gasteiger partial charge in [-0.25, -0.2) is 0 Å². The van der Waals surface area contributed by atoms with E-state index in [2.05, 4.69) is 0 Å². The predicted octanol–water partition coefficient (Wildman–Crippen LogP) is 3.63. The number of rotatable bonds is 5. The number of hydrogen-bond donors (Lipinski definition) is 1. The molecule has 0 atom stereocenters. The van der Waals surface area contributed by atoms with Gasteiger partial charge >= 0.3 is 5.97 Å². The summed E-state index contributed by atoms with van der Waals surface area (Å²) >= 11 is 0. The number of carbonyl (C=O) groups is 2. The van der Waals surface area contributed by atoms with Crippen LogP contribution in [0.2, 0.25) is 0 Å². The van der Waals surface area contributed by atoms with Gasteiger partial charge in [0.25, 0.3) is 5.91 Å². The normalized spacial score (nSPS) is 11.1. The molecule has 5 heteroatoms. The Morgan fingerprint density at radius 1 is 1.16 bits per heavy atom. The number of ether oxygens (including phenoxy) is 1. The van der Waals surface area contributed by atoms with Crippen molar-refractivity contribution in [2.24, 2.45) is 0 Å². The van der Waals surface area contributed by atoms with Crippen LogP contribution in [0.25, 0.3) is 17.0 Å². The van der Waals surface area contributed by atoms with Gasteiger partial charge < -0.3 is 9.84 Å². The Labute approximate surface area is 144 Å². The van der Waals surface area contributed by atoms with Gasteiger partial charge in [-0.3, -0.25) is 14.2 Å². The highest BCUT2D eigenvalue weighted by Gasteiger charge is 2.15. The number of hydrogen-bond acceptors (Lipinski definition) is 3. The monoisotopic (exact) mass is 335 g/mol. The Hall–Kier alpha value is -3.34. The van der Waals surface area contributed by atoms with Crippen LogP contribution in [0.1, 0.15) is 15.9 Å². The molecule has 3 aromatic rings. The first-order chi connectivity index (χ1) is 12.1. The van der Waals surface area contributed by atoms with Gasteiger partial charge in [0.2, 0.25) is 0 Å². The average molecular weight is 335 g/mol. The minimum atomic E-state index is -0.950. The number of nitrogens with zero attached hydrogens (tertiary/aromatic N) is 1. The number of allylic oxidation sites excluding steroid dienone is 1. The Morgan fingerprint density at radius 2 is 1.92 bits per heavy atom. The van der Waals surface area contributed by atoms with Crippen molar-refractivity contribution in [3.05, 3.63) is 71.9 Å². The molecule has 1 N–H and O–H groups in total. The maximum atomic E-state index is 12.6. The van der Waals surface area contributed by atoms with E-state index in [1.807, 2.05) is 30.3 Å². The molecule has 1 heterocycles. The molecule has 5 nitrogen and oxygen atoms in total. The molecule has 3 rings (SSSR count). The quantitative estimate of drug-likeness (QED) is 0.723. The summed E-state index contributed by atoms with van der Waals surface area (Å²) in [6.45, 7) is 0. The van der Waals surface area contributed by atoms with E-state index in [-0.39, 0.29) is 12.3 Å². The molecule has 0 saturated heterocycles. The first-order valence-electron chi connectivity index (χ1n) is 7.75. The fraction of sp³-hybridized carbons (Fsp3) is 0.100. The highest BCUT2D eigenvalue weighted by atomic mass is 16.5. The highest BCUT2D eigenvalue weighted by Crippen LogP contribution is 2.26. The van der Waals surface area contributed by atoms with Crippen molar-refractivity contribution in [1.82, 2.24) is 4.57 Å². The smallest absolute Gasteiger partial charge is 0.307 e. The van der Waals surface area contributed by atoms with Gasteiger partial charge in [0.1, 0.15) is 5.75 Å². The van der Waals surface area contributed by atoms with Gasteiger partial charge in [0.05, 0.1) is 19.0 Å². The van der Waals surface area contributed by atoms with E-state index >= 15 is 0 Å². The van der Waals surface area contributed by atoms with Crippen molar-refractivity contribution in [2.45, 2.75) is 6.42 Å². The Bertz CT molecular complexity index is 954. The van der Waals surface area contributed by atoms with Gasteiger partial charge in [-0.05, 0) is 35.4 Å². The van der Waals surface area contributed by atoms with E-state index in [9.17, 15) is 9.59 Å². The van der Waals surface area contributed by atoms with Crippen LogP contribution < -0.4 is 4.74 Å². The van der Waals surface area contributed by atoms with Crippen LogP contribution in [-0.4, -0.2) is 28.7 Å². The fourth-order valence-electron chi connectivity index (χ4n) is 2.70. The summed E-state index contributed by atoms with van der Waals surface area (Å²) in [7, 11) is 1.54. The van der Waals surface area contributed by atoms with Crippen LogP contribution in [-0.2, 0) is 11.2 Å². The maximum absolute atomic E-state index is 12.6. The van der Waals surface area contributed by atoms with Crippen LogP contribution in [0.5, 0.6) is 5.75 Å². The van der Waals surface area contributed by atoms with Crippen LogP contribution in [0.4, 0.5) is 0 Å². The van der Waals surface area contributed by atoms with Crippen LogP contribution in [0.3, 0.4) is 0 Å². The van der Waals surface area contributed by atoms with Crippen molar-refractivity contribution in [1.29, 1.82) is 0 Å². The number of aromatic nitrogens is 1. The molecule has 0 fully saturated rings. The molecule has 0 bridgehead atoms. The lowest BCUT2D eigenvalue weighted by Crippen LogP contribution is -2.05. The molecule has 126 valence electrons. The van der Waals surface area contributed by atoms with E-state index in [0.29, 0.717) is 22.2 Å². The summed E-state index contributed by atoms with van der Waals surface area (Å²) in [5.41, 5.74) is 2.14. The number of carboxylic acid groups (broad SMARTS) is 1. The molecule has 0 aliphatic rings. The molecule has 0 unspecified atom stereocenters. The van der Waals surface area contributed by atoms with Gasteiger partial charge in [0.15, 0.2) is 0 Å². The van der Waals surface area contributed by atoms with Crippen molar-refractivity contribution >= 4 is 28.9 Å². The van der Waals surface area contributed by atoms with Crippen molar-refractivity contribution < 1.29 is 19.4 Å². The first kappa shape index (κ1) is 16.5. The standard InChI is InChI=1S/C20H17NO4/c1-25-16-8-9-18-17(12-16)15(11-20(23)24)13-21(18)19(22)10-7-14-5-3-2-4-6-14/h2-10,12-13H,11H2,1H3,(H,23,24). The molecule has 0 amide bonds. The fourth-order valence-corrected chi connectivity index (χ4v) is 2.70.